The fraction of sp³-hybridized carbons (Fsp3) is 0.562. The smallest absolute Gasteiger partial charge is 0.328 e. The molecular weight excluding hydrogens is 240 g/mol. The predicted octanol–water partition coefficient (Wildman–Crippen LogP) is 3.85. The standard InChI is InChI=1S/C16H26O3/c1-13(6-4-8-14(2)10-11-17)7-5-9-15(3)12-16(18)19/h7-8,12,17H,4-6,9-11H2,1-3H3,(H,18,19). The van der Waals surface area contributed by atoms with Gasteiger partial charge in [0.1, 0.15) is 0 Å². The highest BCUT2D eigenvalue weighted by Gasteiger charge is 1.95. The van der Waals surface area contributed by atoms with Crippen LogP contribution in [-0.4, -0.2) is 22.8 Å². The van der Waals surface area contributed by atoms with Gasteiger partial charge in [-0.1, -0.05) is 28.9 Å². The number of aliphatic hydroxyl groups excluding tert-OH is 1. The summed E-state index contributed by atoms with van der Waals surface area (Å²) in [4.78, 5) is 10.4. The number of carbonyl (C=O) groups is 1. The molecule has 0 amide bonds. The Morgan fingerprint density at radius 3 is 1.84 bits per heavy atom. The average Bonchev–Trinajstić information content (AvgIpc) is 2.28. The van der Waals surface area contributed by atoms with Crippen molar-refractivity contribution in [3.8, 4) is 0 Å². The largest absolute Gasteiger partial charge is 0.478 e. The van der Waals surface area contributed by atoms with Gasteiger partial charge < -0.3 is 10.2 Å². The molecule has 0 aromatic heterocycles. The first-order valence-electron chi connectivity index (χ1n) is 6.78. The van der Waals surface area contributed by atoms with Crippen LogP contribution in [-0.2, 0) is 4.79 Å². The minimum absolute atomic E-state index is 0.215. The Hall–Kier alpha value is -1.35. The average molecular weight is 266 g/mol. The van der Waals surface area contributed by atoms with E-state index in [-0.39, 0.29) is 6.61 Å². The van der Waals surface area contributed by atoms with Gasteiger partial charge in [0.25, 0.3) is 0 Å². The van der Waals surface area contributed by atoms with Crippen molar-refractivity contribution in [3.05, 3.63) is 34.9 Å². The number of allylic oxidation sites excluding steroid dienone is 4. The summed E-state index contributed by atoms with van der Waals surface area (Å²) in [6.45, 7) is 6.20. The van der Waals surface area contributed by atoms with Crippen molar-refractivity contribution in [1.82, 2.24) is 0 Å². The quantitative estimate of drug-likeness (QED) is 0.492. The van der Waals surface area contributed by atoms with Crippen molar-refractivity contribution >= 4 is 5.97 Å². The molecule has 0 spiro atoms. The summed E-state index contributed by atoms with van der Waals surface area (Å²) in [6, 6.07) is 0. The van der Waals surface area contributed by atoms with Gasteiger partial charge in [0.05, 0.1) is 0 Å². The van der Waals surface area contributed by atoms with Crippen LogP contribution in [0.1, 0.15) is 52.9 Å². The number of carboxylic acids is 1. The highest BCUT2D eigenvalue weighted by molar-refractivity contribution is 5.80. The summed E-state index contributed by atoms with van der Waals surface area (Å²) in [5, 5.41) is 17.4. The minimum atomic E-state index is -0.873. The Morgan fingerprint density at radius 1 is 0.895 bits per heavy atom. The first kappa shape index (κ1) is 17.6. The second-order valence-electron chi connectivity index (χ2n) is 4.98. The summed E-state index contributed by atoms with van der Waals surface area (Å²) < 4.78 is 0. The maximum atomic E-state index is 10.4. The van der Waals surface area contributed by atoms with Gasteiger partial charge in [-0.2, -0.15) is 0 Å². The van der Waals surface area contributed by atoms with Gasteiger partial charge in [0.15, 0.2) is 0 Å². The SMILES string of the molecule is CC(=CCCC(C)=CCCC(C)=CC(=O)O)CCO. The van der Waals surface area contributed by atoms with Crippen LogP contribution >= 0.6 is 0 Å². The second kappa shape index (κ2) is 10.6. The Morgan fingerprint density at radius 2 is 1.37 bits per heavy atom. The lowest BCUT2D eigenvalue weighted by molar-refractivity contribution is -0.131. The third kappa shape index (κ3) is 11.5. The molecule has 19 heavy (non-hydrogen) atoms. The number of hydrogen-bond donors (Lipinski definition) is 2. The summed E-state index contributed by atoms with van der Waals surface area (Å²) in [6.07, 6.45) is 10.1. The highest BCUT2D eigenvalue weighted by atomic mass is 16.4. The van der Waals surface area contributed by atoms with Gasteiger partial charge in [-0.25, -0.2) is 4.79 Å². The molecule has 0 unspecified atom stereocenters. The molecule has 0 fully saturated rings. The Bertz CT molecular complexity index is 362. The lowest BCUT2D eigenvalue weighted by Gasteiger charge is -2.01. The third-order valence-electron chi connectivity index (χ3n) is 2.94. The lowest BCUT2D eigenvalue weighted by atomic mass is 10.1. The molecule has 0 saturated heterocycles. The van der Waals surface area contributed by atoms with Crippen LogP contribution in [0.2, 0.25) is 0 Å². The van der Waals surface area contributed by atoms with Gasteiger partial charge in [-0.3, -0.25) is 0 Å². The van der Waals surface area contributed by atoms with E-state index in [1.54, 1.807) is 0 Å². The van der Waals surface area contributed by atoms with Crippen LogP contribution in [0.5, 0.6) is 0 Å². The molecule has 0 aromatic rings. The van der Waals surface area contributed by atoms with Gasteiger partial charge >= 0.3 is 5.97 Å². The van der Waals surface area contributed by atoms with Gasteiger partial charge in [0.2, 0.25) is 0 Å². The first-order valence-corrected chi connectivity index (χ1v) is 6.78. The third-order valence-corrected chi connectivity index (χ3v) is 2.94. The van der Waals surface area contributed by atoms with E-state index in [1.807, 2.05) is 13.8 Å². The molecule has 0 atom stereocenters. The zero-order valence-electron chi connectivity index (χ0n) is 12.3. The Labute approximate surface area is 116 Å². The molecular formula is C16H26O3. The molecule has 0 saturated carbocycles. The monoisotopic (exact) mass is 266 g/mol. The van der Waals surface area contributed by atoms with Crippen LogP contribution in [0.15, 0.2) is 34.9 Å². The van der Waals surface area contributed by atoms with E-state index in [2.05, 4.69) is 19.1 Å². The summed E-state index contributed by atoms with van der Waals surface area (Å²) in [5.74, 6) is -0.873. The van der Waals surface area contributed by atoms with E-state index < -0.39 is 5.97 Å². The molecule has 0 rings (SSSR count). The number of hydrogen-bond acceptors (Lipinski definition) is 2. The highest BCUT2D eigenvalue weighted by Crippen LogP contribution is 2.11. The molecule has 2 N–H and O–H groups in total. The predicted molar refractivity (Wildman–Crippen MR) is 79.1 cm³/mol. The molecule has 0 heterocycles. The van der Waals surface area contributed by atoms with E-state index in [4.69, 9.17) is 10.2 Å². The van der Waals surface area contributed by atoms with Crippen LogP contribution in [0.4, 0.5) is 0 Å². The van der Waals surface area contributed by atoms with Gasteiger partial charge in [-0.05, 0) is 52.9 Å². The zero-order chi connectivity index (χ0) is 14.7. The van der Waals surface area contributed by atoms with Gasteiger partial charge in [0, 0.05) is 12.7 Å². The summed E-state index contributed by atoms with van der Waals surface area (Å²) in [7, 11) is 0. The molecule has 0 radical (unpaired) electrons. The Balaban J connectivity index is 3.95. The van der Waals surface area contributed by atoms with Crippen molar-refractivity contribution < 1.29 is 15.0 Å². The van der Waals surface area contributed by atoms with Crippen molar-refractivity contribution in [1.29, 1.82) is 0 Å². The van der Waals surface area contributed by atoms with Crippen molar-refractivity contribution in [3.63, 3.8) is 0 Å². The fourth-order valence-corrected chi connectivity index (χ4v) is 1.76. The van der Waals surface area contributed by atoms with Gasteiger partial charge in [-0.15, -0.1) is 0 Å². The number of carboxylic acid groups (broad SMARTS) is 1. The lowest BCUT2D eigenvalue weighted by Crippen LogP contribution is -1.89. The van der Waals surface area contributed by atoms with E-state index >= 15 is 0 Å². The van der Waals surface area contributed by atoms with Crippen molar-refractivity contribution in [2.45, 2.75) is 52.9 Å². The molecule has 108 valence electrons. The number of aliphatic hydroxyl groups is 1. The van der Waals surface area contributed by atoms with Crippen molar-refractivity contribution in [2.75, 3.05) is 6.61 Å². The molecule has 0 bridgehead atoms. The fourth-order valence-electron chi connectivity index (χ4n) is 1.76. The number of rotatable bonds is 9. The van der Waals surface area contributed by atoms with Crippen LogP contribution < -0.4 is 0 Å². The van der Waals surface area contributed by atoms with E-state index in [0.717, 1.165) is 37.7 Å². The van der Waals surface area contributed by atoms with E-state index in [0.29, 0.717) is 0 Å². The topological polar surface area (TPSA) is 57.5 Å². The number of aliphatic carboxylic acids is 1. The Kier molecular flexibility index (Phi) is 9.81. The normalized spacial score (nSPS) is 13.8. The summed E-state index contributed by atoms with van der Waals surface area (Å²) >= 11 is 0. The maximum Gasteiger partial charge on any atom is 0.328 e. The van der Waals surface area contributed by atoms with E-state index in [1.165, 1.54) is 17.2 Å². The second-order valence-corrected chi connectivity index (χ2v) is 4.98. The van der Waals surface area contributed by atoms with Crippen LogP contribution in [0.3, 0.4) is 0 Å². The molecule has 3 heteroatoms. The van der Waals surface area contributed by atoms with Crippen LogP contribution in [0.25, 0.3) is 0 Å². The van der Waals surface area contributed by atoms with E-state index in [9.17, 15) is 4.79 Å². The zero-order valence-corrected chi connectivity index (χ0v) is 12.3. The molecule has 0 aliphatic rings. The maximum absolute atomic E-state index is 10.4. The molecule has 0 aromatic carbocycles. The van der Waals surface area contributed by atoms with Crippen LogP contribution in [0, 0.1) is 0 Å². The molecule has 0 aliphatic heterocycles. The minimum Gasteiger partial charge on any atom is -0.478 e. The summed E-state index contributed by atoms with van der Waals surface area (Å²) in [5.41, 5.74) is 3.46. The molecule has 3 nitrogen and oxygen atoms in total. The molecule has 0 aliphatic carbocycles. The van der Waals surface area contributed by atoms with Crippen molar-refractivity contribution in [2.24, 2.45) is 0 Å². The first-order chi connectivity index (χ1) is 8.95.